The lowest BCUT2D eigenvalue weighted by Crippen LogP contribution is -2.18. The number of rotatable bonds is 9. The lowest BCUT2D eigenvalue weighted by Gasteiger charge is -2.28. The molecule has 0 saturated carbocycles. The zero-order chi connectivity index (χ0) is 23.2. The zero-order valence-electron chi connectivity index (χ0n) is 21.1. The van der Waals surface area contributed by atoms with Crippen LogP contribution in [0.1, 0.15) is 118 Å². The number of carbonyl (C=O) groups is 1. The van der Waals surface area contributed by atoms with Crippen LogP contribution in [0.4, 0.5) is 0 Å². The van der Waals surface area contributed by atoms with Gasteiger partial charge in [0.1, 0.15) is 5.75 Å². The Balaban J connectivity index is 2.56. The number of benzene rings is 1. The molecule has 0 bridgehead atoms. The highest BCUT2D eigenvalue weighted by atomic mass is 16.5. The number of aromatic hydroxyl groups is 1. The molecule has 0 radical (unpaired) electrons. The van der Waals surface area contributed by atoms with Crippen molar-refractivity contribution in [3.63, 3.8) is 0 Å². The number of aryl methyl sites for hydroxylation is 1. The summed E-state index contributed by atoms with van der Waals surface area (Å²) in [5.74, 6) is 0.250. The Morgan fingerprint density at radius 3 is 1.80 bits per heavy atom. The fraction of sp³-hybridized carbons (Fsp3) is 0.741. The highest BCUT2D eigenvalue weighted by Gasteiger charge is 2.26. The van der Waals surface area contributed by atoms with Gasteiger partial charge in [0.05, 0.1) is 6.61 Å². The van der Waals surface area contributed by atoms with E-state index in [1.807, 2.05) is 12.1 Å². The Kier molecular flexibility index (Phi) is 9.45. The number of unbranched alkanes of at least 4 members (excludes halogenated alkanes) is 3. The summed E-state index contributed by atoms with van der Waals surface area (Å²) in [6, 6.07) is 4.10. The predicted octanol–water partition coefficient (Wildman–Crippen LogP) is 7.46. The number of hydrogen-bond donors (Lipinski definition) is 1. The molecule has 0 aliphatic rings. The number of phenolic OH excluding ortho intramolecular Hbond substituents is 1. The summed E-state index contributed by atoms with van der Waals surface area (Å²) < 4.78 is 5.44. The van der Waals surface area contributed by atoms with Gasteiger partial charge in [0.2, 0.25) is 0 Å². The van der Waals surface area contributed by atoms with Crippen LogP contribution < -0.4 is 0 Å². The number of esters is 1. The third-order valence-electron chi connectivity index (χ3n) is 5.49. The van der Waals surface area contributed by atoms with Gasteiger partial charge in [-0.25, -0.2) is 0 Å². The minimum Gasteiger partial charge on any atom is -0.507 e. The highest BCUT2D eigenvalue weighted by Crippen LogP contribution is 2.40. The summed E-state index contributed by atoms with van der Waals surface area (Å²) in [7, 11) is 0. The lowest BCUT2D eigenvalue weighted by atomic mass is 9.78. The van der Waals surface area contributed by atoms with E-state index in [-0.39, 0.29) is 16.8 Å². The SMILES string of the molecule is CC(C)(C)CCCCCCOC(=O)CCc1cc(C(C)(C)C)c(O)c(C(C)(C)C)c1. The van der Waals surface area contributed by atoms with E-state index >= 15 is 0 Å². The van der Waals surface area contributed by atoms with Gasteiger partial charge in [0.25, 0.3) is 0 Å². The molecule has 1 rings (SSSR count). The van der Waals surface area contributed by atoms with Crippen LogP contribution in [0.25, 0.3) is 0 Å². The van der Waals surface area contributed by atoms with Crippen molar-refractivity contribution >= 4 is 5.97 Å². The van der Waals surface area contributed by atoms with Crippen molar-refractivity contribution in [1.82, 2.24) is 0 Å². The van der Waals surface area contributed by atoms with Crippen LogP contribution in [0.5, 0.6) is 5.75 Å². The van der Waals surface area contributed by atoms with Crippen LogP contribution in [-0.4, -0.2) is 17.7 Å². The second-order valence-corrected chi connectivity index (χ2v) is 12.0. The van der Waals surface area contributed by atoms with Crippen LogP contribution in [0, 0.1) is 5.41 Å². The average molecular weight is 419 g/mol. The van der Waals surface area contributed by atoms with E-state index in [1.165, 1.54) is 19.3 Å². The van der Waals surface area contributed by atoms with E-state index in [0.717, 1.165) is 29.5 Å². The third kappa shape index (κ3) is 9.53. The second-order valence-electron chi connectivity index (χ2n) is 12.0. The van der Waals surface area contributed by atoms with E-state index in [4.69, 9.17) is 4.74 Å². The molecule has 0 atom stereocenters. The molecule has 1 aromatic rings. The molecule has 0 aromatic heterocycles. The molecule has 0 spiro atoms. The molecule has 172 valence electrons. The number of ether oxygens (including phenoxy) is 1. The minimum absolute atomic E-state index is 0.132. The highest BCUT2D eigenvalue weighted by molar-refractivity contribution is 5.69. The Morgan fingerprint density at radius 1 is 0.833 bits per heavy atom. The van der Waals surface area contributed by atoms with Crippen molar-refractivity contribution in [2.45, 2.75) is 118 Å². The topological polar surface area (TPSA) is 46.5 Å². The van der Waals surface area contributed by atoms with Gasteiger partial charge in [0.15, 0.2) is 0 Å². The molecule has 3 heteroatoms. The molecule has 1 aromatic carbocycles. The van der Waals surface area contributed by atoms with Gasteiger partial charge in [-0.2, -0.15) is 0 Å². The van der Waals surface area contributed by atoms with Crippen molar-refractivity contribution in [2.75, 3.05) is 6.61 Å². The van der Waals surface area contributed by atoms with Gasteiger partial charge >= 0.3 is 5.97 Å². The van der Waals surface area contributed by atoms with Crippen molar-refractivity contribution in [2.24, 2.45) is 5.41 Å². The summed E-state index contributed by atoms with van der Waals surface area (Å²) in [5, 5.41) is 10.8. The van der Waals surface area contributed by atoms with Crippen LogP contribution in [0.2, 0.25) is 0 Å². The van der Waals surface area contributed by atoms with Crippen molar-refractivity contribution in [3.05, 3.63) is 28.8 Å². The number of hydrogen-bond acceptors (Lipinski definition) is 3. The maximum absolute atomic E-state index is 12.2. The largest absolute Gasteiger partial charge is 0.507 e. The fourth-order valence-corrected chi connectivity index (χ4v) is 3.60. The molecule has 0 amide bonds. The molecular formula is C27H46O3. The van der Waals surface area contributed by atoms with E-state index in [1.54, 1.807) is 0 Å². The Labute approximate surface area is 185 Å². The Hall–Kier alpha value is -1.51. The van der Waals surface area contributed by atoms with Crippen LogP contribution in [0.3, 0.4) is 0 Å². The molecule has 0 fully saturated rings. The first-order valence-electron chi connectivity index (χ1n) is 11.6. The minimum atomic E-state index is -0.159. The molecule has 0 aliphatic carbocycles. The quantitative estimate of drug-likeness (QED) is 0.334. The Morgan fingerprint density at radius 2 is 1.33 bits per heavy atom. The van der Waals surface area contributed by atoms with Gasteiger partial charge in [-0.1, -0.05) is 93.7 Å². The number of phenols is 1. The third-order valence-corrected chi connectivity index (χ3v) is 5.49. The number of carbonyl (C=O) groups excluding carboxylic acids is 1. The first-order chi connectivity index (χ1) is 13.6. The van der Waals surface area contributed by atoms with Crippen LogP contribution in [-0.2, 0) is 26.8 Å². The first-order valence-corrected chi connectivity index (χ1v) is 11.6. The first kappa shape index (κ1) is 26.5. The fourth-order valence-electron chi connectivity index (χ4n) is 3.60. The average Bonchev–Trinajstić information content (AvgIpc) is 2.56. The van der Waals surface area contributed by atoms with E-state index in [2.05, 4.69) is 62.3 Å². The van der Waals surface area contributed by atoms with Gasteiger partial charge < -0.3 is 9.84 Å². The molecule has 0 saturated heterocycles. The van der Waals surface area contributed by atoms with Gasteiger partial charge in [0, 0.05) is 6.42 Å². The predicted molar refractivity (Wildman–Crippen MR) is 127 cm³/mol. The molecule has 1 N–H and O–H groups in total. The summed E-state index contributed by atoms with van der Waals surface area (Å²) in [6.45, 7) is 20.0. The molecule has 3 nitrogen and oxygen atoms in total. The second kappa shape index (κ2) is 10.7. The molecule has 0 unspecified atom stereocenters. The van der Waals surface area contributed by atoms with Crippen LogP contribution in [0.15, 0.2) is 12.1 Å². The zero-order valence-corrected chi connectivity index (χ0v) is 21.1. The van der Waals surface area contributed by atoms with Crippen molar-refractivity contribution in [3.8, 4) is 5.75 Å². The lowest BCUT2D eigenvalue weighted by molar-refractivity contribution is -0.143. The van der Waals surface area contributed by atoms with Crippen molar-refractivity contribution < 1.29 is 14.6 Å². The van der Waals surface area contributed by atoms with Gasteiger partial charge in [-0.05, 0) is 52.2 Å². The van der Waals surface area contributed by atoms with E-state index in [9.17, 15) is 9.90 Å². The summed E-state index contributed by atoms with van der Waals surface area (Å²) in [4.78, 5) is 12.2. The maximum atomic E-state index is 12.2. The van der Waals surface area contributed by atoms with E-state index < -0.39 is 0 Å². The molecule has 0 heterocycles. The summed E-state index contributed by atoms with van der Waals surface area (Å²) in [5.41, 5.74) is 3.05. The van der Waals surface area contributed by atoms with Crippen molar-refractivity contribution in [1.29, 1.82) is 0 Å². The van der Waals surface area contributed by atoms with Gasteiger partial charge in [-0.3, -0.25) is 4.79 Å². The standard InChI is InChI=1S/C27H46O3/c1-25(2,3)16-12-10-11-13-17-30-23(28)15-14-20-18-21(26(4,5)6)24(29)22(19-20)27(7,8)9/h18-19,29H,10-17H2,1-9H3. The smallest absolute Gasteiger partial charge is 0.306 e. The molecular weight excluding hydrogens is 372 g/mol. The summed E-state index contributed by atoms with van der Waals surface area (Å²) in [6.07, 6.45) is 6.76. The molecule has 0 aliphatic heterocycles. The van der Waals surface area contributed by atoms with E-state index in [0.29, 0.717) is 30.6 Å². The maximum Gasteiger partial charge on any atom is 0.306 e. The molecule has 30 heavy (non-hydrogen) atoms. The van der Waals surface area contributed by atoms with Crippen LogP contribution >= 0.6 is 0 Å². The Bertz CT molecular complexity index is 647. The summed E-state index contributed by atoms with van der Waals surface area (Å²) >= 11 is 0. The monoisotopic (exact) mass is 418 g/mol. The normalized spacial score (nSPS) is 12.8. The van der Waals surface area contributed by atoms with Gasteiger partial charge in [-0.15, -0.1) is 0 Å².